The summed E-state index contributed by atoms with van der Waals surface area (Å²) in [6.07, 6.45) is 25.4. The van der Waals surface area contributed by atoms with Gasteiger partial charge < -0.3 is 73.6 Å². The highest BCUT2D eigenvalue weighted by atomic mass is 79.9. The van der Waals surface area contributed by atoms with E-state index in [0.29, 0.717) is 46.7 Å². The van der Waals surface area contributed by atoms with Crippen LogP contribution < -0.4 is 31.1 Å². The number of ether oxygens (including phenoxy) is 6. The minimum Gasteiger partial charge on any atom is -0.379 e. The van der Waals surface area contributed by atoms with Gasteiger partial charge in [0.2, 0.25) is 0 Å². The number of aromatic amines is 1. The number of pyridine rings is 3. The predicted molar refractivity (Wildman–Crippen MR) is 510 cm³/mol. The number of fused-ring (bicyclic) bond motifs is 6. The van der Waals surface area contributed by atoms with E-state index in [1.807, 2.05) is 106 Å². The van der Waals surface area contributed by atoms with E-state index in [9.17, 15) is 14.4 Å². The van der Waals surface area contributed by atoms with Gasteiger partial charge in [-0.1, -0.05) is 76.6 Å². The number of rotatable bonds is 30. The molecule has 2 aromatic carbocycles. The van der Waals surface area contributed by atoms with E-state index in [4.69, 9.17) is 53.3 Å². The molecule has 0 bridgehead atoms. The van der Waals surface area contributed by atoms with E-state index >= 15 is 0 Å². The molecule has 6 atom stereocenters. The van der Waals surface area contributed by atoms with Crippen molar-refractivity contribution in [3.05, 3.63) is 199 Å². The molecule has 8 aromatic heterocycles. The number of anilines is 3. The van der Waals surface area contributed by atoms with Crippen molar-refractivity contribution in [3.8, 4) is 56.5 Å². The van der Waals surface area contributed by atoms with Crippen molar-refractivity contribution in [1.29, 1.82) is 0 Å². The van der Waals surface area contributed by atoms with Crippen molar-refractivity contribution in [1.82, 2.24) is 104 Å². The van der Waals surface area contributed by atoms with Gasteiger partial charge in [-0.05, 0) is 112 Å². The maximum absolute atomic E-state index is 13.5. The number of hydrogen-bond acceptors (Lipinski definition) is 24. The third-order valence-corrected chi connectivity index (χ3v) is 26.0. The molecule has 10 aliphatic rings. The average Bonchev–Trinajstić information content (AvgIpc) is 1.58. The molecule has 3 aliphatic carbocycles. The molecule has 0 spiro atoms. The van der Waals surface area contributed by atoms with Crippen LogP contribution in [0.1, 0.15) is 100.0 Å². The zero-order chi connectivity index (χ0) is 88.7. The van der Waals surface area contributed by atoms with Crippen LogP contribution in [0, 0.1) is 0 Å². The fourth-order valence-corrected chi connectivity index (χ4v) is 17.9. The first-order valence-electron chi connectivity index (χ1n) is 44.9. The van der Waals surface area contributed by atoms with Crippen molar-refractivity contribution in [2.24, 2.45) is 0 Å². The Bertz CT molecular complexity index is 6000. The summed E-state index contributed by atoms with van der Waals surface area (Å²) in [5, 5.41) is 28.3. The number of H-pyrrole nitrogens is 1. The summed E-state index contributed by atoms with van der Waals surface area (Å²) in [5.74, 6) is 3.68. The Labute approximate surface area is 774 Å². The van der Waals surface area contributed by atoms with E-state index in [1.165, 1.54) is 24.1 Å². The summed E-state index contributed by atoms with van der Waals surface area (Å²) in [6.45, 7) is 17.7. The minimum absolute atomic E-state index is 0. The Morgan fingerprint density at radius 1 is 0.469 bits per heavy atom. The molecule has 3 saturated heterocycles. The molecule has 684 valence electrons. The summed E-state index contributed by atoms with van der Waals surface area (Å²) in [6, 6.07) is 38.8. The SMILES string of the molecule is Br.BrCCCN1CCOCC1.CNc1cc(-c2cnc3n(CCCN4CCOCC4)cccc2-3)nc2c(C(=O)NC3CC[C@@H]3OC)cnn12.CO[C@H]1CCC1NC(=O)c1cnn2c(N(C)Cc3ccccc3)cc(-c3c[nH]c4ncccc34)nc12.CO[C@H]1CCC1NC(=O)c1cnn2c(N(C)Cc3ccccc3)cc(-c3cnc4n(CCCN5CCOCC5)cccc3-4)nc12. The molecule has 10 aromatic rings. The molecular formula is C95H116Br2N24O9. The third kappa shape index (κ3) is 21.0. The quantitative estimate of drug-likeness (QED) is 0.0261. The zero-order valence-corrected chi connectivity index (χ0v) is 77.9. The smallest absolute Gasteiger partial charge is 0.257 e. The first kappa shape index (κ1) is 92.1. The number of aryl methyl sites for hydroxylation is 2. The monoisotopic (exact) mass is 1890 g/mol. The topological polar surface area (TPSA) is 326 Å². The fraction of sp³-hybridized carbons (Fsp3) is 0.432. The number of alkyl halides is 1. The van der Waals surface area contributed by atoms with Crippen molar-refractivity contribution in [2.75, 3.05) is 161 Å². The largest absolute Gasteiger partial charge is 0.379 e. The Balaban J connectivity index is 0.000000135. The standard InChI is InChI=1S/C34H40N8O3.C27H34N8O3.C27H27N7O2.C7H14BrNO.BrH/c1-39(23-24-8-4-3-5-9-24)31-20-29(37-33-27(22-36-42(31)33)34(43)38-28-11-12-30(28)44-2)26-21-35-32-25(26)10-6-14-41(32)15-7-13-40-16-18-45-19-17-40;1-28-24-15-22(31-26-20(17-30-35(24)26)27(36)32-21-6-7-23(21)37-2)19-16-29-25-18(19)5-3-9-34(25)10-4-8-33-11-13-38-14-12-33;1-33(16-17-7-4-3-5-8-17)24-13-22(19-14-29-25-18(19)9-6-12-28-25)31-26-20(15-30-34(24)26)27(35)32-21-10-11-23(21)36-2;8-2-1-3-9-4-6-10-7-5-9;/h3-6,8-10,14,20-22,28,30H,7,11-13,15-19,23H2,1-2H3,(H,38,43);3,5,9,15-17,21,23,28H,4,6-8,10-14H2,1-2H3,(H,32,36);3-9,12-15,21,23H,10-11,16H2,1-2H3,(H,28,29)(H,32,35);1-7H2;1H/t28?,30-;2*21?,23-;;/m000../s1. The van der Waals surface area contributed by atoms with Crippen LogP contribution in [0.2, 0.25) is 0 Å². The van der Waals surface area contributed by atoms with E-state index in [-0.39, 0.29) is 71.1 Å². The zero-order valence-electron chi connectivity index (χ0n) is 74.6. The normalized spacial score (nSPS) is 18.8. The number of hydrogen-bond donors (Lipinski definition) is 5. The lowest BCUT2D eigenvalue weighted by Crippen LogP contribution is -2.51. The second-order valence-electron chi connectivity index (χ2n) is 33.6. The number of aromatic nitrogens is 15. The van der Waals surface area contributed by atoms with E-state index in [0.717, 1.165) is 247 Å². The van der Waals surface area contributed by atoms with Crippen molar-refractivity contribution < 1.29 is 42.8 Å². The second kappa shape index (κ2) is 43.7. The van der Waals surface area contributed by atoms with Gasteiger partial charge in [-0.3, -0.25) is 29.1 Å². The molecule has 130 heavy (non-hydrogen) atoms. The number of carbonyl (C=O) groups is 3. The lowest BCUT2D eigenvalue weighted by atomic mass is 9.89. The number of halogens is 2. The minimum atomic E-state index is -0.196. The summed E-state index contributed by atoms with van der Waals surface area (Å²) in [7, 11) is 10.9. The maximum atomic E-state index is 13.5. The summed E-state index contributed by atoms with van der Waals surface area (Å²) >= 11 is 3.42. The molecule has 15 heterocycles. The average molecular weight is 1900 g/mol. The molecule has 5 N–H and O–H groups in total. The fourth-order valence-electron chi connectivity index (χ4n) is 17.6. The van der Waals surface area contributed by atoms with Gasteiger partial charge in [-0.2, -0.15) is 28.8 Å². The van der Waals surface area contributed by atoms with Crippen LogP contribution in [-0.2, 0) is 54.6 Å². The molecule has 20 rings (SSSR count). The summed E-state index contributed by atoms with van der Waals surface area (Å²) in [4.78, 5) is 83.7. The Hall–Kier alpha value is -11.2. The first-order chi connectivity index (χ1) is 63.3. The number of amides is 3. The van der Waals surface area contributed by atoms with Gasteiger partial charge in [0.15, 0.2) is 16.9 Å². The van der Waals surface area contributed by atoms with Gasteiger partial charge >= 0.3 is 0 Å². The molecular weight excluding hydrogens is 1780 g/mol. The van der Waals surface area contributed by atoms with E-state index in [2.05, 4.69) is 157 Å². The Morgan fingerprint density at radius 2 is 0.877 bits per heavy atom. The highest BCUT2D eigenvalue weighted by Gasteiger charge is 2.37. The van der Waals surface area contributed by atoms with Gasteiger partial charge in [0.05, 0.1) is 112 Å². The highest BCUT2D eigenvalue weighted by molar-refractivity contribution is 9.09. The number of benzene rings is 2. The molecule has 6 fully saturated rings. The van der Waals surface area contributed by atoms with Crippen LogP contribution in [0.25, 0.3) is 84.5 Å². The number of methoxy groups -OCH3 is 3. The summed E-state index contributed by atoms with van der Waals surface area (Å²) in [5.41, 5.74) is 13.0. The second-order valence-corrected chi connectivity index (χ2v) is 34.4. The maximum Gasteiger partial charge on any atom is 0.257 e. The predicted octanol–water partition coefficient (Wildman–Crippen LogP) is 11.8. The van der Waals surface area contributed by atoms with Crippen LogP contribution in [0.4, 0.5) is 17.5 Å². The third-order valence-electron chi connectivity index (χ3n) is 25.4. The van der Waals surface area contributed by atoms with Crippen LogP contribution in [0.3, 0.4) is 0 Å². The number of nitrogens with one attached hydrogen (secondary N) is 5. The van der Waals surface area contributed by atoms with Crippen molar-refractivity contribution in [2.45, 2.75) is 120 Å². The lowest BCUT2D eigenvalue weighted by Gasteiger charge is -2.35. The first-order valence-corrected chi connectivity index (χ1v) is 46.0. The molecule has 3 amide bonds. The number of nitrogens with zero attached hydrogens (tertiary/aromatic N) is 19. The van der Waals surface area contributed by atoms with Gasteiger partial charge in [0, 0.05) is 215 Å². The number of carbonyl (C=O) groups excluding carboxylic acids is 3. The molecule has 3 unspecified atom stereocenters. The van der Waals surface area contributed by atoms with Crippen molar-refractivity contribution >= 4 is 96.1 Å². The highest BCUT2D eigenvalue weighted by Crippen LogP contribution is 2.39. The van der Waals surface area contributed by atoms with Crippen LogP contribution in [0.5, 0.6) is 0 Å². The molecule has 7 aliphatic heterocycles. The van der Waals surface area contributed by atoms with Crippen LogP contribution >= 0.6 is 32.9 Å². The summed E-state index contributed by atoms with van der Waals surface area (Å²) < 4.78 is 42.2. The van der Waals surface area contributed by atoms with E-state index in [1.54, 1.807) is 59.7 Å². The Morgan fingerprint density at radius 3 is 1.28 bits per heavy atom. The van der Waals surface area contributed by atoms with Crippen LogP contribution in [-0.4, -0.2) is 288 Å². The van der Waals surface area contributed by atoms with E-state index < -0.39 is 0 Å². The van der Waals surface area contributed by atoms with Gasteiger partial charge in [-0.15, -0.1) is 17.0 Å². The van der Waals surface area contributed by atoms with Gasteiger partial charge in [0.1, 0.15) is 51.4 Å². The number of morpholine rings is 3. The van der Waals surface area contributed by atoms with Gasteiger partial charge in [0.25, 0.3) is 17.7 Å². The van der Waals surface area contributed by atoms with Crippen molar-refractivity contribution in [3.63, 3.8) is 0 Å². The Kier molecular flexibility index (Phi) is 30.9. The lowest BCUT2D eigenvalue weighted by molar-refractivity contribution is 0.00731. The molecule has 0 radical (unpaired) electrons. The molecule has 3 saturated carbocycles. The van der Waals surface area contributed by atoms with Gasteiger partial charge in [-0.25, -0.2) is 29.9 Å². The molecule has 33 nitrogen and oxygen atoms in total. The van der Waals surface area contributed by atoms with Crippen LogP contribution in [0.15, 0.2) is 171 Å². The molecule has 35 heteroatoms.